The lowest BCUT2D eigenvalue weighted by Crippen LogP contribution is -2.32. The third-order valence-electron chi connectivity index (χ3n) is 3.23. The average molecular weight is 282 g/mol. The van der Waals surface area contributed by atoms with Crippen molar-refractivity contribution in [1.29, 1.82) is 0 Å². The van der Waals surface area contributed by atoms with Crippen LogP contribution in [0.4, 0.5) is 5.69 Å². The highest BCUT2D eigenvalue weighted by Gasteiger charge is 2.28. The largest absolute Gasteiger partial charge is 0.481 e. The molecule has 108 valence electrons. The van der Waals surface area contributed by atoms with Gasteiger partial charge in [-0.2, -0.15) is 5.10 Å². The quantitative estimate of drug-likeness (QED) is 0.605. The van der Waals surface area contributed by atoms with E-state index in [1.165, 1.54) is 10.9 Å². The van der Waals surface area contributed by atoms with Crippen LogP contribution >= 0.6 is 0 Å². The highest BCUT2D eigenvalue weighted by molar-refractivity contribution is 5.76. The summed E-state index contributed by atoms with van der Waals surface area (Å²) in [5.41, 5.74) is -0.164. The molecule has 2 heterocycles. The third-order valence-corrected chi connectivity index (χ3v) is 3.23. The van der Waals surface area contributed by atoms with Crippen LogP contribution in [-0.4, -0.2) is 49.7 Å². The van der Waals surface area contributed by atoms with Crippen LogP contribution in [0.5, 0.6) is 0 Å². The number of carboxylic acid groups (broad SMARTS) is 1. The second-order valence-electron chi connectivity index (χ2n) is 4.75. The van der Waals surface area contributed by atoms with Crippen LogP contribution in [0.1, 0.15) is 12.8 Å². The molecule has 1 aromatic rings. The van der Waals surface area contributed by atoms with Gasteiger partial charge in [0.25, 0.3) is 0 Å². The predicted octanol–water partition coefficient (Wildman–Crippen LogP) is 0.114. The summed E-state index contributed by atoms with van der Waals surface area (Å²) in [4.78, 5) is 34.1. The first-order valence-electron chi connectivity index (χ1n) is 6.12. The average Bonchev–Trinajstić information content (AvgIpc) is 2.97. The highest BCUT2D eigenvalue weighted by Crippen LogP contribution is 2.20. The first-order valence-corrected chi connectivity index (χ1v) is 6.12. The summed E-state index contributed by atoms with van der Waals surface area (Å²) in [6.07, 6.45) is 3.00. The summed E-state index contributed by atoms with van der Waals surface area (Å²) in [7, 11) is 0. The molecule has 1 aliphatic rings. The van der Waals surface area contributed by atoms with Gasteiger partial charge in [0.1, 0.15) is 18.9 Å². The van der Waals surface area contributed by atoms with Gasteiger partial charge in [-0.1, -0.05) is 0 Å². The maximum absolute atomic E-state index is 12.0. The van der Waals surface area contributed by atoms with Gasteiger partial charge in [0, 0.05) is 19.5 Å². The molecule has 9 heteroatoms. The normalized spacial score (nSPS) is 18.2. The van der Waals surface area contributed by atoms with E-state index in [2.05, 4.69) is 5.10 Å². The molecule has 0 aliphatic carbocycles. The Morgan fingerprint density at radius 1 is 1.55 bits per heavy atom. The summed E-state index contributed by atoms with van der Waals surface area (Å²) in [5, 5.41) is 23.0. The van der Waals surface area contributed by atoms with E-state index in [1.54, 1.807) is 4.90 Å². The fourth-order valence-corrected chi connectivity index (χ4v) is 2.24. The molecule has 1 atom stereocenters. The fraction of sp³-hybridized carbons (Fsp3) is 0.545. The summed E-state index contributed by atoms with van der Waals surface area (Å²) >= 11 is 0. The lowest BCUT2D eigenvalue weighted by molar-refractivity contribution is -0.385. The van der Waals surface area contributed by atoms with Gasteiger partial charge < -0.3 is 10.0 Å². The van der Waals surface area contributed by atoms with Crippen molar-refractivity contribution in [1.82, 2.24) is 14.7 Å². The van der Waals surface area contributed by atoms with Gasteiger partial charge in [0.05, 0.1) is 4.92 Å². The van der Waals surface area contributed by atoms with Gasteiger partial charge >= 0.3 is 11.7 Å². The zero-order valence-electron chi connectivity index (χ0n) is 10.6. The van der Waals surface area contributed by atoms with Gasteiger partial charge in [0.2, 0.25) is 5.91 Å². The van der Waals surface area contributed by atoms with E-state index < -0.39 is 10.9 Å². The van der Waals surface area contributed by atoms with Crippen molar-refractivity contribution in [2.45, 2.75) is 19.4 Å². The molecular formula is C11H14N4O5. The van der Waals surface area contributed by atoms with Gasteiger partial charge in [-0.05, 0) is 12.3 Å². The Bertz CT molecular complexity index is 541. The number of aromatic nitrogens is 2. The van der Waals surface area contributed by atoms with Crippen LogP contribution in [0.2, 0.25) is 0 Å². The number of carboxylic acids is 1. The maximum atomic E-state index is 12.0. The van der Waals surface area contributed by atoms with Crippen molar-refractivity contribution in [2.24, 2.45) is 5.92 Å². The third kappa shape index (κ3) is 3.31. The van der Waals surface area contributed by atoms with Gasteiger partial charge in [-0.15, -0.1) is 0 Å². The van der Waals surface area contributed by atoms with Crippen LogP contribution in [-0.2, 0) is 16.1 Å². The lowest BCUT2D eigenvalue weighted by atomic mass is 10.1. The molecule has 0 radical (unpaired) electrons. The van der Waals surface area contributed by atoms with E-state index in [0.29, 0.717) is 19.5 Å². The molecule has 1 N–H and O–H groups in total. The molecule has 1 unspecified atom stereocenters. The minimum atomic E-state index is -0.869. The van der Waals surface area contributed by atoms with E-state index in [0.717, 1.165) is 6.20 Å². The smallest absolute Gasteiger partial charge is 0.307 e. The Labute approximate surface area is 113 Å². The number of amides is 1. The number of carbonyl (C=O) groups is 2. The Morgan fingerprint density at radius 3 is 2.90 bits per heavy atom. The van der Waals surface area contributed by atoms with Gasteiger partial charge in [-0.3, -0.25) is 24.4 Å². The first-order chi connectivity index (χ1) is 9.45. The zero-order valence-corrected chi connectivity index (χ0v) is 10.6. The molecule has 1 saturated heterocycles. The van der Waals surface area contributed by atoms with Crippen LogP contribution in [0.25, 0.3) is 0 Å². The number of hydrogen-bond donors (Lipinski definition) is 1. The summed E-state index contributed by atoms with van der Waals surface area (Å²) in [6, 6.07) is 0. The number of aliphatic carboxylic acids is 1. The summed E-state index contributed by atoms with van der Waals surface area (Å²) in [6.45, 7) is 0.849. The molecule has 1 aromatic heterocycles. The number of hydrogen-bond acceptors (Lipinski definition) is 5. The number of likely N-dealkylation sites (tertiary alicyclic amines) is 1. The Morgan fingerprint density at radius 2 is 2.30 bits per heavy atom. The van der Waals surface area contributed by atoms with E-state index in [9.17, 15) is 19.7 Å². The molecule has 1 amide bonds. The first kappa shape index (κ1) is 14.0. The SMILES string of the molecule is O=C(O)CC1CCN(C(=O)Cn2cc([N+](=O)[O-])cn2)C1. The Kier molecular flexibility index (Phi) is 3.97. The monoisotopic (exact) mass is 282 g/mol. The zero-order chi connectivity index (χ0) is 14.7. The summed E-state index contributed by atoms with van der Waals surface area (Å²) < 4.78 is 1.21. The molecule has 2 rings (SSSR count). The van der Waals surface area contributed by atoms with E-state index in [4.69, 9.17) is 5.11 Å². The standard InChI is InChI=1S/C11H14N4O5/c16-10(7-14-6-9(4-12-14)15(19)20)13-2-1-8(5-13)3-11(17)18/h4,6,8H,1-3,5,7H2,(H,17,18). The number of carbonyl (C=O) groups excluding carboxylic acids is 1. The van der Waals surface area contributed by atoms with E-state index in [1.807, 2.05) is 0 Å². The number of rotatable bonds is 5. The molecule has 0 aromatic carbocycles. The van der Waals surface area contributed by atoms with Crippen LogP contribution < -0.4 is 0 Å². The Balaban J connectivity index is 1.89. The van der Waals surface area contributed by atoms with Gasteiger partial charge in [0.15, 0.2) is 0 Å². The lowest BCUT2D eigenvalue weighted by Gasteiger charge is -2.15. The van der Waals surface area contributed by atoms with Crippen molar-refractivity contribution in [3.8, 4) is 0 Å². The predicted molar refractivity (Wildman–Crippen MR) is 65.8 cm³/mol. The van der Waals surface area contributed by atoms with E-state index in [-0.39, 0.29) is 30.5 Å². The molecule has 1 aliphatic heterocycles. The van der Waals surface area contributed by atoms with Crippen molar-refractivity contribution < 1.29 is 19.6 Å². The number of nitrogens with zero attached hydrogens (tertiary/aromatic N) is 4. The minimum absolute atomic E-state index is 0.0246. The second-order valence-corrected chi connectivity index (χ2v) is 4.75. The van der Waals surface area contributed by atoms with Crippen LogP contribution in [0.3, 0.4) is 0 Å². The molecule has 0 saturated carbocycles. The van der Waals surface area contributed by atoms with E-state index >= 15 is 0 Å². The number of nitro groups is 1. The van der Waals surface area contributed by atoms with Crippen molar-refractivity contribution in [3.63, 3.8) is 0 Å². The summed E-state index contributed by atoms with van der Waals surface area (Å²) in [5.74, 6) is -1.11. The topological polar surface area (TPSA) is 119 Å². The molecule has 9 nitrogen and oxygen atoms in total. The van der Waals surface area contributed by atoms with Crippen LogP contribution in [0.15, 0.2) is 12.4 Å². The molecule has 0 spiro atoms. The second kappa shape index (κ2) is 5.68. The maximum Gasteiger partial charge on any atom is 0.307 e. The van der Waals surface area contributed by atoms with Gasteiger partial charge in [-0.25, -0.2) is 0 Å². The molecule has 20 heavy (non-hydrogen) atoms. The van der Waals surface area contributed by atoms with Crippen molar-refractivity contribution in [2.75, 3.05) is 13.1 Å². The molecule has 0 bridgehead atoms. The van der Waals surface area contributed by atoms with Crippen LogP contribution in [0, 0.1) is 16.0 Å². The Hall–Kier alpha value is -2.45. The highest BCUT2D eigenvalue weighted by atomic mass is 16.6. The fourth-order valence-electron chi connectivity index (χ4n) is 2.24. The van der Waals surface area contributed by atoms with Crippen molar-refractivity contribution >= 4 is 17.6 Å². The molecule has 1 fully saturated rings. The van der Waals surface area contributed by atoms with Crippen molar-refractivity contribution in [3.05, 3.63) is 22.5 Å². The molecular weight excluding hydrogens is 268 g/mol. The minimum Gasteiger partial charge on any atom is -0.481 e.